The molecular weight excluding hydrogens is 819 g/mol. The van der Waals surface area contributed by atoms with Crippen molar-refractivity contribution >= 4 is 67.9 Å². The maximum atomic E-state index is 14.6. The molecule has 0 saturated heterocycles. The fraction of sp³-hybridized carbons (Fsp3) is 0.255. The Morgan fingerprint density at radius 1 is 0.585 bits per heavy atom. The minimum Gasteiger partial charge on any atom is -0.370 e. The summed E-state index contributed by atoms with van der Waals surface area (Å²) in [7, 11) is 0. The van der Waals surface area contributed by atoms with Crippen molar-refractivity contribution in [2.75, 3.05) is 11.9 Å². The highest BCUT2D eigenvalue weighted by molar-refractivity contribution is 5.97. The van der Waals surface area contributed by atoms with Crippen LogP contribution in [0.25, 0.3) is 32.6 Å². The molecule has 5 aromatic carbocycles. The van der Waals surface area contributed by atoms with E-state index in [0.29, 0.717) is 19.4 Å². The van der Waals surface area contributed by atoms with Gasteiger partial charge in [-0.2, -0.15) is 0 Å². The quantitative estimate of drug-likeness (QED) is 0.0460. The number of nitrogens with zero attached hydrogens (tertiary/aromatic N) is 1. The van der Waals surface area contributed by atoms with Crippen molar-refractivity contribution in [1.82, 2.24) is 31.2 Å². The normalized spacial score (nSPS) is 13.6. The predicted molar refractivity (Wildman–Crippen MR) is 254 cm³/mol. The molecule has 0 radical (unpaired) electrons. The van der Waals surface area contributed by atoms with E-state index in [9.17, 15) is 24.0 Å². The number of para-hydroxylation sites is 2. The number of hydrogen-bond acceptors (Lipinski definition) is 8. The zero-order chi connectivity index (χ0) is 45.7. The number of pyridine rings is 1. The van der Waals surface area contributed by atoms with Crippen LogP contribution in [0.15, 0.2) is 140 Å². The summed E-state index contributed by atoms with van der Waals surface area (Å²) >= 11 is 0. The topological polar surface area (TPSA) is 226 Å². The van der Waals surface area contributed by atoms with Gasteiger partial charge in [-0.25, -0.2) is 4.98 Å². The van der Waals surface area contributed by atoms with E-state index in [2.05, 4.69) is 36.6 Å². The number of nitrogens with two attached hydrogens (primary N) is 2. The van der Waals surface area contributed by atoms with E-state index in [1.807, 2.05) is 133 Å². The monoisotopic (exact) mass is 873 g/mol. The van der Waals surface area contributed by atoms with Crippen molar-refractivity contribution in [1.29, 1.82) is 0 Å². The SMILES string of the molecule is C[C@@H](N)C(=O)N[C@H](Cc1ccc2ccccc2c1)C(=O)N[C@@H](Cc1c[nH]c2ccccc12)C(=O)N[C@H](Cc1ccccc1)C(=O)N[C@@H](CCCCNc1ccc2ccccc2n1)C(N)=O. The Morgan fingerprint density at radius 3 is 1.89 bits per heavy atom. The Kier molecular flexibility index (Phi) is 15.2. The smallest absolute Gasteiger partial charge is 0.243 e. The molecule has 5 amide bonds. The molecule has 0 spiro atoms. The van der Waals surface area contributed by atoms with Gasteiger partial charge < -0.3 is 43.0 Å². The van der Waals surface area contributed by atoms with E-state index < -0.39 is 59.7 Å². The Hall–Kier alpha value is -7.58. The zero-order valence-electron chi connectivity index (χ0n) is 36.3. The van der Waals surface area contributed by atoms with Crippen LogP contribution in [0.2, 0.25) is 0 Å². The average Bonchev–Trinajstić information content (AvgIpc) is 3.72. The van der Waals surface area contributed by atoms with Gasteiger partial charge in [0.1, 0.15) is 30.0 Å². The highest BCUT2D eigenvalue weighted by Crippen LogP contribution is 2.21. The maximum absolute atomic E-state index is 14.6. The molecule has 14 nitrogen and oxygen atoms in total. The van der Waals surface area contributed by atoms with E-state index >= 15 is 0 Å². The summed E-state index contributed by atoms with van der Waals surface area (Å²) in [6, 6.07) is 36.7. The van der Waals surface area contributed by atoms with E-state index in [1.165, 1.54) is 6.92 Å². The Bertz CT molecular complexity index is 2770. The first-order chi connectivity index (χ1) is 31.5. The fourth-order valence-corrected chi connectivity index (χ4v) is 7.86. The molecule has 0 aliphatic carbocycles. The van der Waals surface area contributed by atoms with Crippen LogP contribution < -0.4 is 38.1 Å². The number of aromatic amines is 1. The summed E-state index contributed by atoms with van der Waals surface area (Å²) in [5.74, 6) is -2.38. The van der Waals surface area contributed by atoms with E-state index in [0.717, 1.165) is 55.1 Å². The molecule has 0 aliphatic rings. The number of benzene rings is 5. The van der Waals surface area contributed by atoms with Gasteiger partial charge in [0.15, 0.2) is 0 Å². The minimum atomic E-state index is -1.21. The van der Waals surface area contributed by atoms with Crippen LogP contribution in [0.3, 0.4) is 0 Å². The largest absolute Gasteiger partial charge is 0.370 e. The number of H-pyrrole nitrogens is 1. The molecule has 2 aromatic heterocycles. The Balaban J connectivity index is 1.08. The molecule has 0 bridgehead atoms. The summed E-state index contributed by atoms with van der Waals surface area (Å²) in [4.78, 5) is 76.9. The summed E-state index contributed by atoms with van der Waals surface area (Å²) in [6.45, 7) is 2.11. The van der Waals surface area contributed by atoms with Crippen molar-refractivity contribution in [3.05, 3.63) is 156 Å². The summed E-state index contributed by atoms with van der Waals surface area (Å²) in [6.07, 6.45) is 3.50. The number of rotatable bonds is 21. The molecule has 7 aromatic rings. The second-order valence-corrected chi connectivity index (χ2v) is 16.4. The van der Waals surface area contributed by atoms with Gasteiger partial charge in [0.25, 0.3) is 0 Å². The molecule has 65 heavy (non-hydrogen) atoms. The second-order valence-electron chi connectivity index (χ2n) is 16.4. The van der Waals surface area contributed by atoms with Crippen molar-refractivity contribution < 1.29 is 24.0 Å². The summed E-state index contributed by atoms with van der Waals surface area (Å²) in [5, 5.41) is 18.6. The lowest BCUT2D eigenvalue weighted by Gasteiger charge is -2.27. The predicted octanol–water partition coefficient (Wildman–Crippen LogP) is 4.95. The van der Waals surface area contributed by atoms with Crippen LogP contribution in [0, 0.1) is 0 Å². The highest BCUT2D eigenvalue weighted by atomic mass is 16.2. The van der Waals surface area contributed by atoms with Gasteiger partial charge in [0, 0.05) is 48.3 Å². The van der Waals surface area contributed by atoms with Crippen LogP contribution in [-0.4, -0.2) is 76.3 Å². The van der Waals surface area contributed by atoms with Crippen molar-refractivity contribution in [2.24, 2.45) is 11.5 Å². The van der Waals surface area contributed by atoms with Crippen molar-refractivity contribution in [3.63, 3.8) is 0 Å². The molecule has 2 heterocycles. The number of hydrogen-bond donors (Lipinski definition) is 8. The lowest BCUT2D eigenvalue weighted by molar-refractivity contribution is -0.134. The molecular formula is C51H55N9O5. The number of amides is 5. The van der Waals surface area contributed by atoms with Gasteiger partial charge in [-0.3, -0.25) is 24.0 Å². The van der Waals surface area contributed by atoms with Crippen LogP contribution in [-0.2, 0) is 43.2 Å². The third kappa shape index (κ3) is 12.3. The number of fused-ring (bicyclic) bond motifs is 3. The minimum absolute atomic E-state index is 0.0396. The fourth-order valence-electron chi connectivity index (χ4n) is 7.86. The van der Waals surface area contributed by atoms with Gasteiger partial charge in [0.05, 0.1) is 11.6 Å². The third-order valence-electron chi connectivity index (χ3n) is 11.4. The lowest BCUT2D eigenvalue weighted by Crippen LogP contribution is -2.59. The van der Waals surface area contributed by atoms with Crippen LogP contribution in [0.1, 0.15) is 42.9 Å². The molecule has 5 atom stereocenters. The molecule has 14 heteroatoms. The number of unbranched alkanes of at least 4 members (excludes halogenated alkanes) is 1. The summed E-state index contributed by atoms with van der Waals surface area (Å²) in [5.41, 5.74) is 15.8. The van der Waals surface area contributed by atoms with Crippen molar-refractivity contribution in [2.45, 2.75) is 75.7 Å². The second kappa shape index (κ2) is 21.7. The van der Waals surface area contributed by atoms with Crippen molar-refractivity contribution in [3.8, 4) is 0 Å². The zero-order valence-corrected chi connectivity index (χ0v) is 36.3. The van der Waals surface area contributed by atoms with E-state index in [-0.39, 0.29) is 25.7 Å². The van der Waals surface area contributed by atoms with Gasteiger partial charge in [-0.15, -0.1) is 0 Å². The highest BCUT2D eigenvalue weighted by Gasteiger charge is 2.32. The molecule has 0 aliphatic heterocycles. The number of aromatic nitrogens is 2. The van der Waals surface area contributed by atoms with Crippen LogP contribution in [0.5, 0.6) is 0 Å². The van der Waals surface area contributed by atoms with Gasteiger partial charge in [-0.05, 0) is 77.9 Å². The molecule has 0 fully saturated rings. The molecule has 334 valence electrons. The first-order valence-corrected chi connectivity index (χ1v) is 21.9. The van der Waals surface area contributed by atoms with Gasteiger partial charge in [0.2, 0.25) is 29.5 Å². The Labute approximate surface area is 377 Å². The van der Waals surface area contributed by atoms with E-state index in [1.54, 1.807) is 6.20 Å². The third-order valence-corrected chi connectivity index (χ3v) is 11.4. The van der Waals surface area contributed by atoms with Gasteiger partial charge in [-0.1, -0.05) is 109 Å². The molecule has 7 rings (SSSR count). The van der Waals surface area contributed by atoms with E-state index in [4.69, 9.17) is 11.5 Å². The first kappa shape index (κ1) is 45.4. The number of carbonyl (C=O) groups is 5. The summed E-state index contributed by atoms with van der Waals surface area (Å²) < 4.78 is 0. The van der Waals surface area contributed by atoms with Crippen LogP contribution >= 0.6 is 0 Å². The number of primary amides is 1. The molecule has 0 unspecified atom stereocenters. The average molecular weight is 874 g/mol. The molecule has 10 N–H and O–H groups in total. The standard InChI is InChI=1S/C51H55N9O5/c1-32(52)48(62)58-44(29-34-22-23-35-15-5-6-17-37(35)27-34)50(64)60-45(30-38-31-55-41-20-10-8-18-39(38)41)51(65)59-43(28-33-13-3-2-4-14-33)49(63)57-42(47(53)61)21-11-12-26-54-46-25-24-36-16-7-9-19-40(36)56-46/h2-10,13-20,22-25,27,31-32,42-45,55H,11-12,21,26,28-30,52H2,1H3,(H2,53,61)(H,54,56)(H,57,63)(H,58,62)(H,59,65)(H,60,64)/t32-,42+,43-,44-,45+/m1/s1. The van der Waals surface area contributed by atoms with Gasteiger partial charge >= 0.3 is 0 Å². The van der Waals surface area contributed by atoms with Crippen LogP contribution in [0.4, 0.5) is 5.82 Å². The first-order valence-electron chi connectivity index (χ1n) is 21.9. The molecule has 0 saturated carbocycles. The number of nitrogens with one attached hydrogen (secondary N) is 6. The number of carbonyl (C=O) groups excluding carboxylic acids is 5. The Morgan fingerprint density at radius 2 is 1.17 bits per heavy atom. The number of anilines is 1. The lowest BCUT2D eigenvalue weighted by atomic mass is 9.99. The maximum Gasteiger partial charge on any atom is 0.243 e.